The molecule has 0 spiro atoms. The van der Waals surface area contributed by atoms with Crippen molar-refractivity contribution < 1.29 is 9.47 Å². The summed E-state index contributed by atoms with van der Waals surface area (Å²) in [6.45, 7) is 2.91. The minimum Gasteiger partial charge on any atom is -0.494 e. The quantitative estimate of drug-likeness (QED) is 0.872. The molecule has 0 saturated heterocycles. The van der Waals surface area contributed by atoms with Crippen LogP contribution < -0.4 is 15.2 Å². The van der Waals surface area contributed by atoms with E-state index in [1.807, 2.05) is 31.2 Å². The van der Waals surface area contributed by atoms with E-state index in [0.29, 0.717) is 24.7 Å². The normalized spacial score (nSPS) is 10.1. The third-order valence-electron chi connectivity index (χ3n) is 2.23. The SMILES string of the molecule is CCOc1ccc(OCc2ncc(N)cn2)cc1. The minimum atomic E-state index is 0.314. The Morgan fingerprint density at radius 2 is 1.56 bits per heavy atom. The summed E-state index contributed by atoms with van der Waals surface area (Å²) in [6, 6.07) is 7.43. The maximum absolute atomic E-state index is 5.54. The molecule has 2 N–H and O–H groups in total. The van der Waals surface area contributed by atoms with Gasteiger partial charge in [0.05, 0.1) is 24.7 Å². The third-order valence-corrected chi connectivity index (χ3v) is 2.23. The first kappa shape index (κ1) is 12.2. The van der Waals surface area contributed by atoms with Crippen molar-refractivity contribution in [3.05, 3.63) is 42.5 Å². The van der Waals surface area contributed by atoms with Crippen molar-refractivity contribution in [3.63, 3.8) is 0 Å². The summed E-state index contributed by atoms with van der Waals surface area (Å²) >= 11 is 0. The zero-order chi connectivity index (χ0) is 12.8. The van der Waals surface area contributed by atoms with Crippen molar-refractivity contribution in [2.45, 2.75) is 13.5 Å². The Bertz CT molecular complexity index is 483. The minimum absolute atomic E-state index is 0.314. The van der Waals surface area contributed by atoms with E-state index in [1.54, 1.807) is 12.4 Å². The molecule has 0 atom stereocenters. The van der Waals surface area contributed by atoms with Gasteiger partial charge in [-0.2, -0.15) is 0 Å². The average molecular weight is 245 g/mol. The molecular weight excluding hydrogens is 230 g/mol. The second-order valence-electron chi connectivity index (χ2n) is 3.63. The fraction of sp³-hybridized carbons (Fsp3) is 0.231. The van der Waals surface area contributed by atoms with Gasteiger partial charge in [0.2, 0.25) is 0 Å². The molecule has 0 radical (unpaired) electrons. The highest BCUT2D eigenvalue weighted by Gasteiger charge is 1.99. The van der Waals surface area contributed by atoms with Crippen LogP contribution in [-0.4, -0.2) is 16.6 Å². The zero-order valence-electron chi connectivity index (χ0n) is 10.2. The lowest BCUT2D eigenvalue weighted by Crippen LogP contribution is -2.02. The van der Waals surface area contributed by atoms with Crippen LogP contribution in [-0.2, 0) is 6.61 Å². The summed E-state index contributed by atoms with van der Waals surface area (Å²) in [7, 11) is 0. The molecule has 0 fully saturated rings. The topological polar surface area (TPSA) is 70.3 Å². The number of anilines is 1. The maximum Gasteiger partial charge on any atom is 0.166 e. The molecule has 0 aliphatic carbocycles. The molecule has 0 amide bonds. The van der Waals surface area contributed by atoms with Crippen LogP contribution in [0.5, 0.6) is 11.5 Å². The van der Waals surface area contributed by atoms with Crippen LogP contribution in [0.1, 0.15) is 12.7 Å². The van der Waals surface area contributed by atoms with Crippen LogP contribution in [0.3, 0.4) is 0 Å². The van der Waals surface area contributed by atoms with Crippen LogP contribution in [0.25, 0.3) is 0 Å². The van der Waals surface area contributed by atoms with Gasteiger partial charge in [-0.25, -0.2) is 9.97 Å². The van der Waals surface area contributed by atoms with Gasteiger partial charge in [0.25, 0.3) is 0 Å². The summed E-state index contributed by atoms with van der Waals surface area (Å²) < 4.78 is 10.9. The van der Waals surface area contributed by atoms with E-state index in [0.717, 1.165) is 11.5 Å². The van der Waals surface area contributed by atoms with Crippen molar-refractivity contribution in [3.8, 4) is 11.5 Å². The molecule has 0 bridgehead atoms. The lowest BCUT2D eigenvalue weighted by Gasteiger charge is -2.07. The van der Waals surface area contributed by atoms with E-state index in [4.69, 9.17) is 15.2 Å². The first-order valence-electron chi connectivity index (χ1n) is 5.70. The number of nitrogens with two attached hydrogens (primary N) is 1. The lowest BCUT2D eigenvalue weighted by atomic mass is 10.3. The van der Waals surface area contributed by atoms with E-state index >= 15 is 0 Å². The number of benzene rings is 1. The van der Waals surface area contributed by atoms with Crippen molar-refractivity contribution in [1.29, 1.82) is 0 Å². The monoisotopic (exact) mass is 245 g/mol. The molecule has 94 valence electrons. The molecule has 0 aliphatic rings. The van der Waals surface area contributed by atoms with Crippen molar-refractivity contribution >= 4 is 5.69 Å². The van der Waals surface area contributed by atoms with Crippen molar-refractivity contribution in [1.82, 2.24) is 9.97 Å². The van der Waals surface area contributed by atoms with Crippen LogP contribution in [0.4, 0.5) is 5.69 Å². The Balaban J connectivity index is 1.91. The molecular formula is C13H15N3O2. The second kappa shape index (κ2) is 5.86. The predicted molar refractivity (Wildman–Crippen MR) is 68.4 cm³/mol. The Hall–Kier alpha value is -2.30. The summed E-state index contributed by atoms with van der Waals surface area (Å²) in [5, 5.41) is 0. The molecule has 1 heterocycles. The summed E-state index contributed by atoms with van der Waals surface area (Å²) in [5.74, 6) is 2.17. The van der Waals surface area contributed by atoms with E-state index in [2.05, 4.69) is 9.97 Å². The molecule has 5 heteroatoms. The molecule has 0 unspecified atom stereocenters. The largest absolute Gasteiger partial charge is 0.494 e. The molecule has 1 aromatic carbocycles. The number of hydrogen-bond acceptors (Lipinski definition) is 5. The number of rotatable bonds is 5. The Morgan fingerprint density at radius 1 is 1.00 bits per heavy atom. The molecule has 0 aliphatic heterocycles. The van der Waals surface area contributed by atoms with Crippen molar-refractivity contribution in [2.75, 3.05) is 12.3 Å². The van der Waals surface area contributed by atoms with E-state index in [1.165, 1.54) is 0 Å². The molecule has 5 nitrogen and oxygen atoms in total. The smallest absolute Gasteiger partial charge is 0.166 e. The predicted octanol–water partition coefficient (Wildman–Crippen LogP) is 2.04. The highest BCUT2D eigenvalue weighted by molar-refractivity contribution is 5.32. The van der Waals surface area contributed by atoms with Gasteiger partial charge in [0, 0.05) is 0 Å². The van der Waals surface area contributed by atoms with Gasteiger partial charge in [-0.05, 0) is 31.2 Å². The van der Waals surface area contributed by atoms with Crippen LogP contribution in [0, 0.1) is 0 Å². The van der Waals surface area contributed by atoms with Gasteiger partial charge in [0.15, 0.2) is 5.82 Å². The number of nitrogens with zero attached hydrogens (tertiary/aromatic N) is 2. The first-order chi connectivity index (χ1) is 8.78. The summed E-state index contributed by atoms with van der Waals surface area (Å²) in [6.07, 6.45) is 3.12. The van der Waals surface area contributed by atoms with Gasteiger partial charge < -0.3 is 15.2 Å². The van der Waals surface area contributed by atoms with Gasteiger partial charge in [-0.1, -0.05) is 0 Å². The Labute approximate surface area is 106 Å². The lowest BCUT2D eigenvalue weighted by molar-refractivity contribution is 0.294. The number of hydrogen-bond donors (Lipinski definition) is 1. The van der Waals surface area contributed by atoms with E-state index in [-0.39, 0.29) is 0 Å². The van der Waals surface area contributed by atoms with Gasteiger partial charge in [0.1, 0.15) is 18.1 Å². The fourth-order valence-corrected chi connectivity index (χ4v) is 1.39. The fourth-order valence-electron chi connectivity index (χ4n) is 1.39. The Kier molecular flexibility index (Phi) is 3.96. The number of aromatic nitrogens is 2. The Morgan fingerprint density at radius 3 is 2.11 bits per heavy atom. The van der Waals surface area contributed by atoms with E-state index in [9.17, 15) is 0 Å². The van der Waals surface area contributed by atoms with Gasteiger partial charge >= 0.3 is 0 Å². The molecule has 2 rings (SSSR count). The first-order valence-corrected chi connectivity index (χ1v) is 5.70. The summed E-state index contributed by atoms with van der Waals surface area (Å²) in [5.41, 5.74) is 6.04. The molecule has 0 saturated carbocycles. The maximum atomic E-state index is 5.54. The highest BCUT2D eigenvalue weighted by Crippen LogP contribution is 2.18. The summed E-state index contributed by atoms with van der Waals surface area (Å²) in [4.78, 5) is 8.11. The second-order valence-corrected chi connectivity index (χ2v) is 3.63. The van der Waals surface area contributed by atoms with Crippen LogP contribution in [0.15, 0.2) is 36.7 Å². The number of ether oxygens (including phenoxy) is 2. The molecule has 18 heavy (non-hydrogen) atoms. The van der Waals surface area contributed by atoms with Crippen LogP contribution in [0.2, 0.25) is 0 Å². The third kappa shape index (κ3) is 3.35. The van der Waals surface area contributed by atoms with Gasteiger partial charge in [-0.3, -0.25) is 0 Å². The van der Waals surface area contributed by atoms with Crippen LogP contribution >= 0.6 is 0 Å². The number of nitrogen functional groups attached to an aromatic ring is 1. The average Bonchev–Trinajstić information content (AvgIpc) is 2.40. The highest BCUT2D eigenvalue weighted by atomic mass is 16.5. The van der Waals surface area contributed by atoms with E-state index < -0.39 is 0 Å². The zero-order valence-corrected chi connectivity index (χ0v) is 10.2. The van der Waals surface area contributed by atoms with Crippen molar-refractivity contribution in [2.24, 2.45) is 0 Å². The molecule has 1 aromatic heterocycles. The standard InChI is InChI=1S/C13H15N3O2/c1-2-17-11-3-5-12(6-4-11)18-9-13-15-7-10(14)8-16-13/h3-8H,2,9,14H2,1H3. The molecule has 2 aromatic rings. The van der Waals surface area contributed by atoms with Gasteiger partial charge in [-0.15, -0.1) is 0 Å².